The number of hydrogen-bond donors (Lipinski definition) is 5. The van der Waals surface area contributed by atoms with Crippen LogP contribution in [0.25, 0.3) is 11.1 Å². The fraction of sp³-hybridized carbons (Fsp3) is 0.585. The van der Waals surface area contributed by atoms with Crippen LogP contribution in [0, 0.1) is 11.8 Å². The molecule has 1 saturated heterocycles. The van der Waals surface area contributed by atoms with Crippen LogP contribution in [-0.2, 0) is 30.3 Å². The van der Waals surface area contributed by atoms with Crippen LogP contribution in [-0.4, -0.2) is 78.2 Å². The van der Waals surface area contributed by atoms with Gasteiger partial charge in [-0.05, 0) is 67.6 Å². The molecule has 0 unspecified atom stereocenters. The molecule has 0 saturated carbocycles. The lowest BCUT2D eigenvalue weighted by molar-refractivity contribution is -0.135. The Morgan fingerprint density at radius 3 is 2.28 bits per heavy atom. The maximum absolute atomic E-state index is 13.8. The molecule has 5 atom stereocenters. The molecule has 0 spiro atoms. The van der Waals surface area contributed by atoms with Crippen molar-refractivity contribution >= 4 is 36.3 Å². The van der Waals surface area contributed by atoms with Crippen LogP contribution in [0.2, 0.25) is 5.82 Å². The van der Waals surface area contributed by atoms with Gasteiger partial charge in [0, 0.05) is 43.3 Å². The summed E-state index contributed by atoms with van der Waals surface area (Å²) < 4.78 is 5.84. The maximum Gasteiger partial charge on any atom is 0.454 e. The van der Waals surface area contributed by atoms with E-state index in [4.69, 9.17) is 10.5 Å². The van der Waals surface area contributed by atoms with Crippen LogP contribution in [0.5, 0.6) is 0 Å². The molecule has 290 valence electrons. The summed E-state index contributed by atoms with van der Waals surface area (Å²) in [5.41, 5.74) is 9.58. The number of carbonyl (C=O) groups excluding carboxylic acids is 5. The number of nitrogens with one attached hydrogen (secondary N) is 2. The number of ether oxygens (including phenoxy) is 1. The van der Waals surface area contributed by atoms with Crippen LogP contribution in [0.1, 0.15) is 114 Å². The molecule has 6 N–H and O–H groups in total. The van der Waals surface area contributed by atoms with E-state index in [0.717, 1.165) is 30.4 Å². The normalized spacial score (nSPS) is 20.1. The molecule has 0 radical (unpaired) electrons. The van der Waals surface area contributed by atoms with Crippen molar-refractivity contribution in [1.82, 2.24) is 10.6 Å². The molecule has 1 heterocycles. The van der Waals surface area contributed by atoms with Gasteiger partial charge in [-0.25, -0.2) is 0 Å². The van der Waals surface area contributed by atoms with E-state index >= 15 is 0 Å². The summed E-state index contributed by atoms with van der Waals surface area (Å²) in [4.78, 5) is 67.0. The molecule has 0 aromatic heterocycles. The Morgan fingerprint density at radius 1 is 0.962 bits per heavy atom. The first-order valence-corrected chi connectivity index (χ1v) is 19.5. The maximum atomic E-state index is 13.8. The highest BCUT2D eigenvalue weighted by molar-refractivity contribution is 6.43. The number of nitrogens with two attached hydrogens (primary N) is 1. The Bertz CT molecular complexity index is 1470. The predicted octanol–water partition coefficient (Wildman–Crippen LogP) is 4.99. The Kier molecular flexibility index (Phi) is 19.1. The van der Waals surface area contributed by atoms with Crippen molar-refractivity contribution < 1.29 is 38.8 Å². The summed E-state index contributed by atoms with van der Waals surface area (Å²) in [5, 5.41) is 24.5. The highest BCUT2D eigenvalue weighted by Gasteiger charge is 2.32. The predicted molar refractivity (Wildman–Crippen MR) is 207 cm³/mol. The van der Waals surface area contributed by atoms with Gasteiger partial charge in [-0.3, -0.25) is 24.0 Å². The minimum absolute atomic E-state index is 0.0379. The highest BCUT2D eigenvalue weighted by atomic mass is 16.5. The van der Waals surface area contributed by atoms with Gasteiger partial charge in [0.15, 0.2) is 17.3 Å². The quantitative estimate of drug-likeness (QED) is 0.0849. The lowest BCUT2D eigenvalue weighted by Gasteiger charge is -2.25. The van der Waals surface area contributed by atoms with Crippen molar-refractivity contribution in [2.75, 3.05) is 19.8 Å². The second-order valence-corrected chi connectivity index (χ2v) is 14.7. The molecular weight excluding hydrogens is 673 g/mol. The van der Waals surface area contributed by atoms with Gasteiger partial charge in [-0.15, -0.1) is 0 Å². The number of amides is 2. The van der Waals surface area contributed by atoms with Gasteiger partial charge < -0.3 is 31.2 Å². The smallest absolute Gasteiger partial charge is 0.427 e. The number of ketones is 3. The molecule has 0 bridgehead atoms. The monoisotopic (exact) mass is 733 g/mol. The third-order valence-corrected chi connectivity index (χ3v) is 10.1. The molecule has 12 heteroatoms. The van der Waals surface area contributed by atoms with Gasteiger partial charge >= 0.3 is 7.12 Å². The van der Waals surface area contributed by atoms with Gasteiger partial charge in [0.2, 0.25) is 11.8 Å². The fourth-order valence-corrected chi connectivity index (χ4v) is 6.46. The Hall–Kier alpha value is -3.71. The van der Waals surface area contributed by atoms with Crippen molar-refractivity contribution in [3.05, 3.63) is 59.7 Å². The van der Waals surface area contributed by atoms with Crippen molar-refractivity contribution in [2.45, 2.75) is 122 Å². The number of unbranched alkanes of at least 4 members (excludes halogenated alkanes) is 2. The average Bonchev–Trinajstić information content (AvgIpc) is 3.14. The number of rotatable bonds is 17. The van der Waals surface area contributed by atoms with E-state index in [1.54, 1.807) is 26.0 Å². The number of Topliss-reactive ketones (excluding diaryl/α,β-unsaturated/α-hetero) is 3. The molecule has 2 aromatic rings. The number of carbonyl (C=O) groups is 5. The lowest BCUT2D eigenvalue weighted by atomic mass is 9.71. The molecule has 3 rings (SSSR count). The van der Waals surface area contributed by atoms with E-state index in [-0.39, 0.29) is 43.2 Å². The number of benzene rings is 2. The van der Waals surface area contributed by atoms with Crippen molar-refractivity contribution in [3.63, 3.8) is 0 Å². The van der Waals surface area contributed by atoms with E-state index in [2.05, 4.69) is 41.8 Å². The lowest BCUT2D eigenvalue weighted by Crippen LogP contribution is -2.48. The van der Waals surface area contributed by atoms with Crippen molar-refractivity contribution in [2.24, 2.45) is 17.6 Å². The molecule has 53 heavy (non-hydrogen) atoms. The van der Waals surface area contributed by atoms with E-state index in [9.17, 15) is 34.0 Å². The van der Waals surface area contributed by atoms with E-state index in [1.807, 2.05) is 12.1 Å². The first-order chi connectivity index (χ1) is 25.4. The fourth-order valence-electron chi connectivity index (χ4n) is 6.46. The summed E-state index contributed by atoms with van der Waals surface area (Å²) in [5.74, 6) is -3.96. The Labute approximate surface area is 315 Å². The van der Waals surface area contributed by atoms with Gasteiger partial charge in [-0.1, -0.05) is 95.0 Å². The topological polar surface area (TPSA) is 185 Å². The van der Waals surface area contributed by atoms with Crippen LogP contribution in [0.15, 0.2) is 48.5 Å². The molecule has 0 aliphatic carbocycles. The minimum Gasteiger partial charge on any atom is -0.427 e. The largest absolute Gasteiger partial charge is 0.454 e. The number of aryl methyl sites for hydroxylation is 1. The molecule has 2 amide bonds. The number of hydrogen-bond acceptors (Lipinski definition) is 9. The van der Waals surface area contributed by atoms with Crippen LogP contribution in [0.3, 0.4) is 0 Å². The van der Waals surface area contributed by atoms with E-state index in [1.165, 1.54) is 5.56 Å². The zero-order valence-electron chi connectivity index (χ0n) is 31.8. The molecule has 11 nitrogen and oxygen atoms in total. The van der Waals surface area contributed by atoms with Crippen molar-refractivity contribution in [1.29, 1.82) is 0 Å². The summed E-state index contributed by atoms with van der Waals surface area (Å²) >= 11 is 0. The molecule has 2 aromatic carbocycles. The van der Waals surface area contributed by atoms with Crippen LogP contribution >= 0.6 is 0 Å². The van der Waals surface area contributed by atoms with Gasteiger partial charge in [0.05, 0.1) is 12.6 Å². The van der Waals surface area contributed by atoms with Crippen LogP contribution < -0.4 is 16.4 Å². The van der Waals surface area contributed by atoms with Gasteiger partial charge in [0.25, 0.3) is 0 Å². The van der Waals surface area contributed by atoms with E-state index < -0.39 is 48.7 Å². The third kappa shape index (κ3) is 14.9. The second-order valence-electron chi connectivity index (χ2n) is 14.7. The van der Waals surface area contributed by atoms with Gasteiger partial charge in [0.1, 0.15) is 6.04 Å². The zero-order chi connectivity index (χ0) is 38.8. The first kappa shape index (κ1) is 43.7. The summed E-state index contributed by atoms with van der Waals surface area (Å²) in [6.45, 7) is 6.04. The molecule has 1 aliphatic heterocycles. The minimum atomic E-state index is -1.65. The summed E-state index contributed by atoms with van der Waals surface area (Å²) in [6, 6.07) is 14.0. The second kappa shape index (κ2) is 23.2. The Balaban J connectivity index is 1.69. The summed E-state index contributed by atoms with van der Waals surface area (Å²) in [7, 11) is -1.65. The zero-order valence-corrected chi connectivity index (χ0v) is 31.8. The van der Waals surface area contributed by atoms with Gasteiger partial charge in [-0.2, -0.15) is 0 Å². The Morgan fingerprint density at radius 2 is 1.64 bits per heavy atom. The molecule has 1 aliphatic rings. The average molecular weight is 734 g/mol. The summed E-state index contributed by atoms with van der Waals surface area (Å²) in [6.07, 6.45) is 7.11. The standard InChI is InChI=1S/C41H60BN3O8/c1-4-5-11-30-14-16-31(17-15-30)32-18-20-33(21-19-32)37(46)26-34(12-8-9-22-43)41(50)45-36-27-53-23-10-6-7-13-35(39(48)25-29(3)42(51)52)44-40(49)28(2)24-38(36)47/h14-21,28-29,34-36,51-52H,4-13,22-27,43H2,1-3H3,(H,44,49)(H,45,50)/t28-,29-,34-,35+,36+/m1/s1. The van der Waals surface area contributed by atoms with Crippen molar-refractivity contribution in [3.8, 4) is 11.1 Å². The third-order valence-electron chi connectivity index (χ3n) is 10.1. The SMILES string of the molecule is CCCCc1ccc(-c2ccc(C(=O)C[C@@H](CCCCN)C(=O)N[C@H]3COCCCCC[C@@H](C(=O)C[C@@H](C)B(O)O)NC(=O)[C@H](C)CC3=O)cc2)cc1. The first-order valence-electron chi connectivity index (χ1n) is 19.5. The highest BCUT2D eigenvalue weighted by Crippen LogP contribution is 2.24. The molecular formula is C41H60BN3O8. The van der Waals surface area contributed by atoms with Crippen LogP contribution in [0.4, 0.5) is 0 Å². The van der Waals surface area contributed by atoms with E-state index in [0.29, 0.717) is 63.7 Å². The molecule has 1 fully saturated rings.